The average Bonchev–Trinajstić information content (AvgIpc) is 3.38. The number of carboxylic acids is 1. The van der Waals surface area contributed by atoms with Crippen molar-refractivity contribution in [2.75, 3.05) is 6.54 Å². The van der Waals surface area contributed by atoms with Crippen LogP contribution >= 0.6 is 0 Å². The molecule has 2 bridgehead atoms. The summed E-state index contributed by atoms with van der Waals surface area (Å²) < 4.78 is 98.1. The summed E-state index contributed by atoms with van der Waals surface area (Å²) in [5.41, 5.74) is -2.22. The van der Waals surface area contributed by atoms with Crippen LogP contribution in [0.25, 0.3) is 0 Å². The predicted molar refractivity (Wildman–Crippen MR) is 145 cm³/mol. The van der Waals surface area contributed by atoms with Gasteiger partial charge in [0.05, 0.1) is 16.4 Å². The molecule has 2 atom stereocenters. The smallest absolute Gasteiger partial charge is 0.335 e. The molecule has 4 fully saturated rings. The molecule has 4 aliphatic carbocycles. The molecule has 6 nitrogen and oxygen atoms in total. The predicted octanol–water partition coefficient (Wildman–Crippen LogP) is 6.21. The number of alkyl halides is 4. The van der Waals surface area contributed by atoms with Crippen LogP contribution in [0.15, 0.2) is 47.4 Å². The van der Waals surface area contributed by atoms with Gasteiger partial charge in [-0.3, -0.25) is 9.59 Å². The maximum absolute atomic E-state index is 14.7. The molecule has 1 heterocycles. The fourth-order valence-electron chi connectivity index (χ4n) is 8.18. The second-order valence-corrected chi connectivity index (χ2v) is 15.1. The van der Waals surface area contributed by atoms with E-state index in [1.807, 2.05) is 0 Å². The molecule has 0 radical (unpaired) electrons. The van der Waals surface area contributed by atoms with E-state index < -0.39 is 60.7 Å². The fraction of sp³-hybridized carbons (Fsp3) is 0.548. The van der Waals surface area contributed by atoms with Crippen molar-refractivity contribution < 1.29 is 45.1 Å². The van der Waals surface area contributed by atoms with Gasteiger partial charge in [-0.15, -0.1) is 0 Å². The molecule has 232 valence electrons. The van der Waals surface area contributed by atoms with Crippen LogP contribution in [-0.4, -0.2) is 48.8 Å². The molecule has 43 heavy (non-hydrogen) atoms. The summed E-state index contributed by atoms with van der Waals surface area (Å²) >= 11 is 0. The van der Waals surface area contributed by atoms with Crippen LogP contribution in [0.5, 0.6) is 0 Å². The molecule has 2 unspecified atom stereocenters. The highest BCUT2D eigenvalue weighted by Crippen LogP contribution is 2.60. The van der Waals surface area contributed by atoms with Gasteiger partial charge in [0.2, 0.25) is 5.91 Å². The zero-order valence-corrected chi connectivity index (χ0v) is 24.3. The number of fused-ring (bicyclic) bond motifs is 6. The van der Waals surface area contributed by atoms with Gasteiger partial charge in [0.1, 0.15) is 10.6 Å². The Morgan fingerprint density at radius 1 is 0.907 bits per heavy atom. The molecule has 12 heteroatoms. The summed E-state index contributed by atoms with van der Waals surface area (Å²) in [6.45, 7) is 0.181. The third-order valence-corrected chi connectivity index (χ3v) is 13.4. The highest BCUT2D eigenvalue weighted by Gasteiger charge is 2.64. The first-order valence-corrected chi connectivity index (χ1v) is 15.9. The van der Waals surface area contributed by atoms with Gasteiger partial charge in [0.15, 0.2) is 9.84 Å². The lowest BCUT2D eigenvalue weighted by Crippen LogP contribution is -2.57. The summed E-state index contributed by atoms with van der Waals surface area (Å²) in [6.07, 6.45) is 2.29. The molecule has 0 spiro atoms. The van der Waals surface area contributed by atoms with Gasteiger partial charge >= 0.3 is 17.8 Å². The molecule has 2 aromatic carbocycles. The maximum Gasteiger partial charge on any atom is 0.335 e. The Hall–Kier alpha value is -3.02. The number of likely N-dealkylation sites (tertiary alicyclic amines) is 1. The van der Waals surface area contributed by atoms with Crippen molar-refractivity contribution in [3.05, 3.63) is 65.0 Å². The van der Waals surface area contributed by atoms with E-state index in [0.29, 0.717) is 38.5 Å². The number of hydrogen-bond acceptors (Lipinski definition) is 4. The van der Waals surface area contributed by atoms with Gasteiger partial charge in [-0.1, -0.05) is 12.1 Å². The number of carboxylic acid groups (broad SMARTS) is 1. The third kappa shape index (κ3) is 4.10. The summed E-state index contributed by atoms with van der Waals surface area (Å²) in [7, 11) is -4.38. The Kier molecular flexibility index (Phi) is 6.63. The molecule has 1 saturated heterocycles. The van der Waals surface area contributed by atoms with Crippen LogP contribution in [0.3, 0.4) is 0 Å². The zero-order chi connectivity index (χ0) is 31.2. The fourth-order valence-corrected chi connectivity index (χ4v) is 10.5. The van der Waals surface area contributed by atoms with Gasteiger partial charge < -0.3 is 10.0 Å². The van der Waals surface area contributed by atoms with E-state index in [9.17, 15) is 45.1 Å². The first kappa shape index (κ1) is 30.0. The highest BCUT2D eigenvalue weighted by atomic mass is 32.2. The van der Waals surface area contributed by atoms with Gasteiger partial charge in [-0.05, 0) is 99.2 Å². The van der Waals surface area contributed by atoms with E-state index in [-0.39, 0.29) is 54.7 Å². The number of hydrogen-bond donors (Lipinski definition) is 1. The highest BCUT2D eigenvalue weighted by molar-refractivity contribution is 7.92. The minimum atomic E-state index is -4.49. The van der Waals surface area contributed by atoms with Gasteiger partial charge in [-0.25, -0.2) is 12.8 Å². The molecule has 1 aliphatic heterocycles. The first-order valence-electron chi connectivity index (χ1n) is 14.5. The number of carbonyl (C=O) groups excluding carboxylic acids is 1. The Morgan fingerprint density at radius 2 is 1.49 bits per heavy atom. The standard InChI is InChI=1S/C31H32F5NO5S/c1-27(33,34)31(35,36)20-3-8-23-19(18-20)2-9-24-30(23,43(41,42)22-6-4-21(32)5-7-22)16-17-37(24)25(38)28-10-13-29(14-11-28,15-12-28)26(39)40/h3-8,18,24H,2,9-17H2,1H3,(H,39,40). The van der Waals surface area contributed by atoms with Gasteiger partial charge in [-0.2, -0.15) is 17.6 Å². The number of nitrogens with zero attached hydrogens (tertiary/aromatic N) is 1. The number of amides is 1. The van der Waals surface area contributed by atoms with Crippen molar-refractivity contribution in [3.63, 3.8) is 0 Å². The van der Waals surface area contributed by atoms with Crippen LogP contribution < -0.4 is 0 Å². The molecule has 1 amide bonds. The number of carbonyl (C=O) groups is 2. The van der Waals surface area contributed by atoms with Crippen molar-refractivity contribution >= 4 is 21.7 Å². The minimum Gasteiger partial charge on any atom is -0.481 e. The Balaban J connectivity index is 1.45. The number of sulfone groups is 1. The van der Waals surface area contributed by atoms with Crippen LogP contribution in [0.4, 0.5) is 22.0 Å². The van der Waals surface area contributed by atoms with E-state index in [0.717, 1.165) is 36.4 Å². The SMILES string of the molecule is CC(F)(F)C(F)(F)c1ccc2c(c1)CCC1N(C(=O)C34CCC(C(=O)O)(CC3)CC4)CCC21S(=O)(=O)c1ccc(F)cc1. The molecule has 1 N–H and O–H groups in total. The van der Waals surface area contributed by atoms with E-state index >= 15 is 0 Å². The topological polar surface area (TPSA) is 91.8 Å². The molecule has 2 aromatic rings. The number of halogens is 5. The monoisotopic (exact) mass is 625 g/mol. The normalized spacial score (nSPS) is 30.6. The molecule has 3 saturated carbocycles. The van der Waals surface area contributed by atoms with Crippen molar-refractivity contribution in [3.8, 4) is 0 Å². The van der Waals surface area contributed by atoms with Crippen LogP contribution in [0.2, 0.25) is 0 Å². The van der Waals surface area contributed by atoms with E-state index in [1.165, 1.54) is 6.07 Å². The third-order valence-electron chi connectivity index (χ3n) is 10.8. The number of rotatable bonds is 6. The summed E-state index contributed by atoms with van der Waals surface area (Å²) in [6, 6.07) is 6.33. The Bertz CT molecular complexity index is 1580. The summed E-state index contributed by atoms with van der Waals surface area (Å²) in [5, 5.41) is 9.78. The van der Waals surface area contributed by atoms with E-state index in [4.69, 9.17) is 0 Å². The Labute approximate surface area is 246 Å². The molecular weight excluding hydrogens is 593 g/mol. The lowest BCUT2D eigenvalue weighted by Gasteiger charge is -2.52. The average molecular weight is 626 g/mol. The molecular formula is C31H32F5NO5S. The number of aryl methyl sites for hydroxylation is 1. The summed E-state index contributed by atoms with van der Waals surface area (Å²) in [5.74, 6) is -10.6. The zero-order valence-electron chi connectivity index (χ0n) is 23.5. The van der Waals surface area contributed by atoms with E-state index in [1.54, 1.807) is 4.90 Å². The Morgan fingerprint density at radius 3 is 2.05 bits per heavy atom. The van der Waals surface area contributed by atoms with Crippen molar-refractivity contribution in [1.29, 1.82) is 0 Å². The lowest BCUT2D eigenvalue weighted by molar-refractivity contribution is -0.204. The minimum absolute atomic E-state index is 0.0557. The first-order chi connectivity index (χ1) is 20.0. The van der Waals surface area contributed by atoms with Crippen molar-refractivity contribution in [2.24, 2.45) is 10.8 Å². The quantitative estimate of drug-likeness (QED) is 0.304. The lowest BCUT2D eigenvalue weighted by atomic mass is 9.53. The second kappa shape index (κ2) is 9.49. The van der Waals surface area contributed by atoms with Crippen LogP contribution in [0.1, 0.15) is 75.0 Å². The van der Waals surface area contributed by atoms with Gasteiger partial charge in [0, 0.05) is 24.4 Å². The molecule has 0 aromatic heterocycles. The molecule has 5 aliphatic rings. The maximum atomic E-state index is 14.7. The molecule has 7 rings (SSSR count). The van der Waals surface area contributed by atoms with Crippen LogP contribution in [-0.2, 0) is 36.5 Å². The van der Waals surface area contributed by atoms with E-state index in [2.05, 4.69) is 0 Å². The largest absolute Gasteiger partial charge is 0.481 e. The number of aliphatic carboxylic acids is 1. The second-order valence-electron chi connectivity index (χ2n) is 12.9. The van der Waals surface area contributed by atoms with Gasteiger partial charge in [0.25, 0.3) is 0 Å². The van der Waals surface area contributed by atoms with Crippen LogP contribution in [0, 0.1) is 16.6 Å². The summed E-state index contributed by atoms with van der Waals surface area (Å²) in [4.78, 5) is 27.6. The van der Waals surface area contributed by atoms with Crippen molar-refractivity contribution in [1.82, 2.24) is 4.90 Å². The van der Waals surface area contributed by atoms with Crippen molar-refractivity contribution in [2.45, 2.75) is 92.2 Å². The number of benzene rings is 2.